The first kappa shape index (κ1) is 14.8. The summed E-state index contributed by atoms with van der Waals surface area (Å²) >= 11 is 0. The van der Waals surface area contributed by atoms with Crippen LogP contribution in [0.2, 0.25) is 0 Å². The molecule has 1 N–H and O–H groups in total. The van der Waals surface area contributed by atoms with Crippen LogP contribution in [0.1, 0.15) is 17.0 Å². The van der Waals surface area contributed by atoms with E-state index in [9.17, 15) is 9.18 Å². The Balaban J connectivity index is 2.22. The van der Waals surface area contributed by atoms with Gasteiger partial charge in [0.25, 0.3) is 0 Å². The molecule has 1 heterocycles. The Morgan fingerprint density at radius 2 is 2.29 bits per heavy atom. The molecule has 1 aromatic carbocycles. The Bertz CT molecular complexity index is 692. The van der Waals surface area contributed by atoms with Crippen LogP contribution in [0.5, 0.6) is 5.75 Å². The van der Waals surface area contributed by atoms with Crippen LogP contribution < -0.4 is 4.74 Å². The lowest BCUT2D eigenvalue weighted by atomic mass is 10.2. The molecule has 0 saturated carbocycles. The van der Waals surface area contributed by atoms with Gasteiger partial charge in [-0.05, 0) is 25.1 Å². The highest BCUT2D eigenvalue weighted by Crippen LogP contribution is 2.25. The second kappa shape index (κ2) is 6.21. The molecule has 110 valence electrons. The van der Waals surface area contributed by atoms with E-state index < -0.39 is 11.8 Å². The van der Waals surface area contributed by atoms with Gasteiger partial charge in [0.1, 0.15) is 6.61 Å². The van der Waals surface area contributed by atoms with Crippen LogP contribution in [0.25, 0.3) is 6.08 Å². The lowest BCUT2D eigenvalue weighted by Crippen LogP contribution is -2.05. The maximum Gasteiger partial charge on any atom is 0.328 e. The zero-order valence-electron chi connectivity index (χ0n) is 11.7. The van der Waals surface area contributed by atoms with Crippen molar-refractivity contribution >= 4 is 12.0 Å². The second-order valence-electron chi connectivity index (χ2n) is 4.52. The third-order valence-corrected chi connectivity index (χ3v) is 2.87. The van der Waals surface area contributed by atoms with Crippen molar-refractivity contribution in [2.45, 2.75) is 13.5 Å². The van der Waals surface area contributed by atoms with Gasteiger partial charge in [0, 0.05) is 18.7 Å². The topological polar surface area (TPSA) is 64.3 Å². The first-order chi connectivity index (χ1) is 9.97. The molecule has 6 heteroatoms. The number of para-hydroxylation sites is 1. The van der Waals surface area contributed by atoms with Gasteiger partial charge in [0.15, 0.2) is 11.6 Å². The van der Waals surface area contributed by atoms with Crippen LogP contribution in [-0.4, -0.2) is 20.9 Å². The number of nitrogens with zero attached hydrogens (tertiary/aromatic N) is 2. The van der Waals surface area contributed by atoms with E-state index in [1.165, 1.54) is 18.2 Å². The monoisotopic (exact) mass is 290 g/mol. The number of carboxylic acid groups (broad SMARTS) is 1. The van der Waals surface area contributed by atoms with Crippen molar-refractivity contribution in [3.8, 4) is 5.75 Å². The minimum atomic E-state index is -1.10. The molecule has 0 fully saturated rings. The number of benzene rings is 1. The number of carboxylic acids is 1. The van der Waals surface area contributed by atoms with Crippen molar-refractivity contribution in [2.24, 2.45) is 7.05 Å². The fourth-order valence-electron chi connectivity index (χ4n) is 1.92. The highest BCUT2D eigenvalue weighted by Gasteiger charge is 2.10. The molecule has 0 aliphatic carbocycles. The first-order valence-electron chi connectivity index (χ1n) is 6.29. The summed E-state index contributed by atoms with van der Waals surface area (Å²) in [5.41, 5.74) is 2.01. The summed E-state index contributed by atoms with van der Waals surface area (Å²) in [7, 11) is 1.78. The van der Waals surface area contributed by atoms with Crippen LogP contribution in [-0.2, 0) is 18.4 Å². The number of ether oxygens (including phenoxy) is 1. The molecule has 0 bridgehead atoms. The van der Waals surface area contributed by atoms with Crippen LogP contribution in [0.15, 0.2) is 30.3 Å². The number of halogens is 1. The number of hydrogen-bond acceptors (Lipinski definition) is 3. The maximum absolute atomic E-state index is 13.9. The molecular weight excluding hydrogens is 275 g/mol. The summed E-state index contributed by atoms with van der Waals surface area (Å²) in [6, 6.07) is 6.19. The molecule has 0 aliphatic rings. The lowest BCUT2D eigenvalue weighted by Gasteiger charge is -2.10. The number of aryl methyl sites for hydroxylation is 2. The van der Waals surface area contributed by atoms with Gasteiger partial charge in [-0.25, -0.2) is 9.18 Å². The molecule has 0 atom stereocenters. The number of hydrogen-bond donors (Lipinski definition) is 1. The van der Waals surface area contributed by atoms with E-state index in [0.717, 1.165) is 17.5 Å². The van der Waals surface area contributed by atoms with Gasteiger partial charge >= 0.3 is 5.97 Å². The zero-order chi connectivity index (χ0) is 15.4. The van der Waals surface area contributed by atoms with E-state index in [4.69, 9.17) is 9.84 Å². The van der Waals surface area contributed by atoms with E-state index in [-0.39, 0.29) is 12.4 Å². The number of aromatic nitrogens is 2. The average Bonchev–Trinajstić information content (AvgIpc) is 2.73. The summed E-state index contributed by atoms with van der Waals surface area (Å²) in [5.74, 6) is -1.62. The van der Waals surface area contributed by atoms with E-state index >= 15 is 0 Å². The minimum Gasteiger partial charge on any atom is -0.484 e. The van der Waals surface area contributed by atoms with Gasteiger partial charge in [-0.2, -0.15) is 5.10 Å². The largest absolute Gasteiger partial charge is 0.484 e. The molecule has 0 radical (unpaired) electrons. The van der Waals surface area contributed by atoms with E-state index in [0.29, 0.717) is 5.56 Å². The summed E-state index contributed by atoms with van der Waals surface area (Å²) in [6.45, 7) is 2.00. The predicted octanol–water partition coefficient (Wildman–Crippen LogP) is 2.54. The molecule has 0 aliphatic heterocycles. The quantitative estimate of drug-likeness (QED) is 0.859. The molecule has 0 spiro atoms. The SMILES string of the molecule is Cc1cc(COc2c(F)cccc2/C=C/C(=O)O)n(C)n1. The number of carbonyl (C=O) groups is 1. The van der Waals surface area contributed by atoms with Gasteiger partial charge in [-0.1, -0.05) is 12.1 Å². The molecular formula is C15H15FN2O3. The zero-order valence-corrected chi connectivity index (χ0v) is 11.7. The van der Waals surface area contributed by atoms with Gasteiger partial charge in [-0.15, -0.1) is 0 Å². The van der Waals surface area contributed by atoms with Crippen molar-refractivity contribution in [1.29, 1.82) is 0 Å². The molecule has 1 aromatic heterocycles. The first-order valence-corrected chi connectivity index (χ1v) is 6.29. The van der Waals surface area contributed by atoms with E-state index in [1.807, 2.05) is 13.0 Å². The van der Waals surface area contributed by atoms with Crippen molar-refractivity contribution in [1.82, 2.24) is 9.78 Å². The minimum absolute atomic E-state index is 0.0221. The fraction of sp³-hybridized carbons (Fsp3) is 0.200. The molecule has 2 aromatic rings. The Morgan fingerprint density at radius 1 is 1.52 bits per heavy atom. The van der Waals surface area contributed by atoms with Crippen LogP contribution in [0, 0.1) is 12.7 Å². The standard InChI is InChI=1S/C15H15FN2O3/c1-10-8-12(18(2)17-10)9-21-15-11(6-7-14(19)20)4-3-5-13(15)16/h3-8H,9H2,1-2H3,(H,19,20)/b7-6+. The predicted molar refractivity (Wildman–Crippen MR) is 75.3 cm³/mol. The summed E-state index contributed by atoms with van der Waals surface area (Å²) in [6.07, 6.45) is 2.24. The van der Waals surface area contributed by atoms with Crippen LogP contribution >= 0.6 is 0 Å². The highest BCUT2D eigenvalue weighted by atomic mass is 19.1. The Morgan fingerprint density at radius 3 is 2.90 bits per heavy atom. The van der Waals surface area contributed by atoms with Crippen molar-refractivity contribution in [3.63, 3.8) is 0 Å². The number of rotatable bonds is 5. The highest BCUT2D eigenvalue weighted by molar-refractivity contribution is 5.85. The molecule has 5 nitrogen and oxygen atoms in total. The lowest BCUT2D eigenvalue weighted by molar-refractivity contribution is -0.131. The third kappa shape index (κ3) is 3.68. The van der Waals surface area contributed by atoms with Gasteiger partial charge in [0.05, 0.1) is 11.4 Å². The second-order valence-corrected chi connectivity index (χ2v) is 4.52. The van der Waals surface area contributed by atoms with E-state index in [1.54, 1.807) is 17.8 Å². The Kier molecular flexibility index (Phi) is 4.37. The van der Waals surface area contributed by atoms with Crippen molar-refractivity contribution < 1.29 is 19.0 Å². The molecule has 0 unspecified atom stereocenters. The summed E-state index contributed by atoms with van der Waals surface area (Å²) < 4.78 is 21.0. The molecule has 2 rings (SSSR count). The Hall–Kier alpha value is -2.63. The summed E-state index contributed by atoms with van der Waals surface area (Å²) in [4.78, 5) is 10.6. The maximum atomic E-state index is 13.9. The van der Waals surface area contributed by atoms with Crippen LogP contribution in [0.4, 0.5) is 4.39 Å². The molecule has 0 amide bonds. The van der Waals surface area contributed by atoms with Gasteiger partial charge in [0.2, 0.25) is 0 Å². The fourth-order valence-corrected chi connectivity index (χ4v) is 1.92. The van der Waals surface area contributed by atoms with Crippen molar-refractivity contribution in [2.75, 3.05) is 0 Å². The molecule has 21 heavy (non-hydrogen) atoms. The third-order valence-electron chi connectivity index (χ3n) is 2.87. The molecule has 0 saturated heterocycles. The van der Waals surface area contributed by atoms with Crippen molar-refractivity contribution in [3.05, 3.63) is 53.1 Å². The Labute approximate surface area is 121 Å². The van der Waals surface area contributed by atoms with Gasteiger partial charge < -0.3 is 9.84 Å². The normalized spacial score (nSPS) is 11.0. The van der Waals surface area contributed by atoms with E-state index in [2.05, 4.69) is 5.10 Å². The van der Waals surface area contributed by atoms with Gasteiger partial charge in [-0.3, -0.25) is 4.68 Å². The summed E-state index contributed by atoms with van der Waals surface area (Å²) in [5, 5.41) is 12.8. The average molecular weight is 290 g/mol. The van der Waals surface area contributed by atoms with Crippen LogP contribution in [0.3, 0.4) is 0 Å². The smallest absolute Gasteiger partial charge is 0.328 e. The number of aliphatic carboxylic acids is 1.